The van der Waals surface area contributed by atoms with E-state index >= 15 is 0 Å². The summed E-state index contributed by atoms with van der Waals surface area (Å²) >= 11 is 0. The second kappa shape index (κ2) is 15.5. The number of aromatic nitrogens is 2. The van der Waals surface area contributed by atoms with E-state index in [-0.39, 0.29) is 10.8 Å². The molecule has 0 saturated carbocycles. The number of hydrogen-bond acceptors (Lipinski definition) is 9. The van der Waals surface area contributed by atoms with Crippen LogP contribution in [0.4, 0.5) is 17.6 Å². The first-order valence-corrected chi connectivity index (χ1v) is 17.0. The number of likely N-dealkylation sites (N-methyl/N-ethyl adjacent to an activating group) is 1. The van der Waals surface area contributed by atoms with E-state index in [4.69, 9.17) is 9.97 Å². The lowest BCUT2D eigenvalue weighted by atomic mass is 10.2. The van der Waals surface area contributed by atoms with Crippen LogP contribution in [0.3, 0.4) is 0 Å². The second-order valence-electron chi connectivity index (χ2n) is 11.2. The fraction of sp³-hybridized carbons (Fsp3) is 0.633. The maximum atomic E-state index is 13.0. The van der Waals surface area contributed by atoms with Crippen molar-refractivity contribution in [2.24, 2.45) is 0 Å². The molecule has 2 fully saturated rings. The third-order valence-electron chi connectivity index (χ3n) is 7.80. The molecule has 0 radical (unpaired) electrons. The second-order valence-corrected chi connectivity index (χ2v) is 13.2. The Balaban J connectivity index is 1.23. The smallest absolute Gasteiger partial charge is 0.251 e. The van der Waals surface area contributed by atoms with Crippen LogP contribution >= 0.6 is 0 Å². The van der Waals surface area contributed by atoms with Gasteiger partial charge in [-0.15, -0.1) is 0 Å². The molecule has 11 nitrogen and oxygen atoms in total. The van der Waals surface area contributed by atoms with Crippen molar-refractivity contribution in [3.05, 3.63) is 35.9 Å². The van der Waals surface area contributed by atoms with Crippen LogP contribution < -0.4 is 20.4 Å². The van der Waals surface area contributed by atoms with E-state index in [2.05, 4.69) is 31.4 Å². The van der Waals surface area contributed by atoms with Crippen LogP contribution in [0.15, 0.2) is 35.2 Å². The highest BCUT2D eigenvalue weighted by molar-refractivity contribution is 7.89. The van der Waals surface area contributed by atoms with Gasteiger partial charge in [-0.3, -0.25) is 4.79 Å². The molecule has 4 rings (SSSR count). The highest BCUT2D eigenvalue weighted by Crippen LogP contribution is 2.25. The zero-order valence-corrected chi connectivity index (χ0v) is 26.3. The third-order valence-corrected chi connectivity index (χ3v) is 9.71. The largest absolute Gasteiger partial charge is 0.369 e. The van der Waals surface area contributed by atoms with Crippen LogP contribution in [-0.4, -0.2) is 106 Å². The van der Waals surface area contributed by atoms with E-state index in [0.717, 1.165) is 69.7 Å². The van der Waals surface area contributed by atoms with Gasteiger partial charge in [0.25, 0.3) is 5.91 Å². The SMILES string of the molecule is CCCN(CCC)S(=O)(=O)c1ccc(C(=O)NCCN(C)CCNc2cc(N3CCCC3)nc(N3CCCC3)n2)cc1. The molecule has 1 aromatic heterocycles. The Morgan fingerprint density at radius 2 is 1.45 bits per heavy atom. The van der Waals surface area contributed by atoms with Crippen molar-refractivity contribution in [3.63, 3.8) is 0 Å². The Bertz CT molecular complexity index is 1210. The minimum atomic E-state index is -3.56. The van der Waals surface area contributed by atoms with Gasteiger partial charge < -0.3 is 25.3 Å². The lowest BCUT2D eigenvalue weighted by Gasteiger charge is -2.22. The lowest BCUT2D eigenvalue weighted by Crippen LogP contribution is -2.35. The molecule has 3 heterocycles. The molecule has 2 N–H and O–H groups in total. The molecule has 42 heavy (non-hydrogen) atoms. The first kappa shape index (κ1) is 32.0. The number of sulfonamides is 1. The van der Waals surface area contributed by atoms with E-state index in [0.29, 0.717) is 31.7 Å². The van der Waals surface area contributed by atoms with E-state index in [9.17, 15) is 13.2 Å². The summed E-state index contributed by atoms with van der Waals surface area (Å²) in [5.41, 5.74) is 0.446. The van der Waals surface area contributed by atoms with E-state index in [1.54, 1.807) is 12.1 Å². The number of carbonyl (C=O) groups excluding carboxylic acids is 1. The maximum Gasteiger partial charge on any atom is 0.251 e. The molecule has 0 spiro atoms. The van der Waals surface area contributed by atoms with Gasteiger partial charge >= 0.3 is 0 Å². The topological polar surface area (TPSA) is 114 Å². The highest BCUT2D eigenvalue weighted by atomic mass is 32.2. The molecule has 0 bridgehead atoms. The van der Waals surface area contributed by atoms with Crippen molar-refractivity contribution in [1.82, 2.24) is 24.5 Å². The van der Waals surface area contributed by atoms with E-state index in [1.165, 1.54) is 42.1 Å². The Morgan fingerprint density at radius 1 is 0.857 bits per heavy atom. The minimum Gasteiger partial charge on any atom is -0.369 e. The summed E-state index contributed by atoms with van der Waals surface area (Å²) in [7, 11) is -1.54. The summed E-state index contributed by atoms with van der Waals surface area (Å²) in [5.74, 6) is 2.47. The van der Waals surface area contributed by atoms with Gasteiger partial charge in [0, 0.05) is 77.1 Å². The minimum absolute atomic E-state index is 0.214. The molecule has 0 atom stereocenters. The predicted octanol–water partition coefficient (Wildman–Crippen LogP) is 3.26. The lowest BCUT2D eigenvalue weighted by molar-refractivity contribution is 0.0950. The summed E-state index contributed by atoms with van der Waals surface area (Å²) in [6.45, 7) is 11.7. The highest BCUT2D eigenvalue weighted by Gasteiger charge is 2.23. The molecule has 232 valence electrons. The third kappa shape index (κ3) is 8.54. The number of carbonyl (C=O) groups is 1. The Labute approximate surface area is 251 Å². The van der Waals surface area contributed by atoms with Crippen LogP contribution in [0.1, 0.15) is 62.7 Å². The van der Waals surface area contributed by atoms with Gasteiger partial charge in [-0.1, -0.05) is 13.8 Å². The fourth-order valence-electron chi connectivity index (χ4n) is 5.41. The summed E-state index contributed by atoms with van der Waals surface area (Å²) in [6, 6.07) is 8.28. The van der Waals surface area contributed by atoms with Crippen molar-refractivity contribution in [2.45, 2.75) is 57.3 Å². The first-order valence-electron chi connectivity index (χ1n) is 15.5. The van der Waals surface area contributed by atoms with Gasteiger partial charge in [0.2, 0.25) is 16.0 Å². The van der Waals surface area contributed by atoms with Gasteiger partial charge in [0.05, 0.1) is 4.90 Å². The van der Waals surface area contributed by atoms with Crippen LogP contribution in [0.2, 0.25) is 0 Å². The Kier molecular flexibility index (Phi) is 11.8. The van der Waals surface area contributed by atoms with Gasteiger partial charge in [-0.25, -0.2) is 8.42 Å². The molecule has 12 heteroatoms. The molecule has 1 amide bonds. The summed E-state index contributed by atoms with van der Waals surface area (Å²) in [4.78, 5) is 29.4. The number of hydrogen-bond donors (Lipinski definition) is 2. The quantitative estimate of drug-likeness (QED) is 0.300. The molecule has 2 aliphatic rings. The van der Waals surface area contributed by atoms with Crippen molar-refractivity contribution < 1.29 is 13.2 Å². The van der Waals surface area contributed by atoms with Crippen molar-refractivity contribution in [3.8, 4) is 0 Å². The fourth-order valence-corrected chi connectivity index (χ4v) is 7.03. The number of rotatable bonds is 16. The Morgan fingerprint density at radius 3 is 2.07 bits per heavy atom. The monoisotopic (exact) mass is 600 g/mol. The zero-order chi connectivity index (χ0) is 30.0. The maximum absolute atomic E-state index is 13.0. The van der Waals surface area contributed by atoms with Crippen LogP contribution in [0.25, 0.3) is 0 Å². The molecule has 1 aromatic carbocycles. The van der Waals surface area contributed by atoms with Gasteiger partial charge in [-0.05, 0) is 69.8 Å². The van der Waals surface area contributed by atoms with Crippen molar-refractivity contribution in [2.75, 3.05) is 87.6 Å². The van der Waals surface area contributed by atoms with Crippen molar-refractivity contribution in [1.29, 1.82) is 0 Å². The van der Waals surface area contributed by atoms with Gasteiger partial charge in [0.1, 0.15) is 11.6 Å². The molecule has 0 aliphatic carbocycles. The summed E-state index contributed by atoms with van der Waals surface area (Å²) < 4.78 is 27.5. The number of benzene rings is 1. The van der Waals surface area contributed by atoms with Crippen molar-refractivity contribution >= 4 is 33.5 Å². The molecule has 0 unspecified atom stereocenters. The summed E-state index contributed by atoms with van der Waals surface area (Å²) in [5, 5.41) is 6.43. The number of nitrogens with one attached hydrogen (secondary N) is 2. The number of amides is 1. The molecular formula is C30H48N8O3S. The molecular weight excluding hydrogens is 552 g/mol. The predicted molar refractivity (Wildman–Crippen MR) is 169 cm³/mol. The molecule has 2 aliphatic heterocycles. The van der Waals surface area contributed by atoms with Gasteiger partial charge in [0.15, 0.2) is 0 Å². The van der Waals surface area contributed by atoms with Crippen LogP contribution in [-0.2, 0) is 10.0 Å². The average molecular weight is 601 g/mol. The standard InChI is InChI=1S/C30H48N8O3S/c1-4-16-38(17-5-2)42(40,41)26-12-10-25(11-13-26)29(39)32-15-23-35(3)22-14-31-27-24-28(36-18-6-7-19-36)34-30(33-27)37-20-8-9-21-37/h10-13,24H,4-9,14-23H2,1-3H3,(H,32,39)(H,31,33,34). The van der Waals surface area contributed by atoms with E-state index < -0.39 is 10.0 Å². The zero-order valence-electron chi connectivity index (χ0n) is 25.5. The van der Waals surface area contributed by atoms with Crippen LogP contribution in [0, 0.1) is 0 Å². The number of anilines is 3. The summed E-state index contributed by atoms with van der Waals surface area (Å²) in [6.07, 6.45) is 6.29. The number of nitrogens with zero attached hydrogens (tertiary/aromatic N) is 6. The normalized spacial score (nSPS) is 15.6. The molecule has 2 aromatic rings. The Hall–Kier alpha value is -2.96. The van der Waals surface area contributed by atoms with E-state index in [1.807, 2.05) is 20.9 Å². The molecule has 2 saturated heterocycles. The van der Waals surface area contributed by atoms with Gasteiger partial charge in [-0.2, -0.15) is 14.3 Å². The van der Waals surface area contributed by atoms with Crippen LogP contribution in [0.5, 0.6) is 0 Å². The first-order chi connectivity index (χ1) is 20.3. The average Bonchev–Trinajstić information content (AvgIpc) is 3.72.